The molecule has 10 heteroatoms. The number of ketones is 1. The van der Waals surface area contributed by atoms with Crippen LogP contribution in [0.5, 0.6) is 5.75 Å². The van der Waals surface area contributed by atoms with Crippen molar-refractivity contribution in [3.05, 3.63) is 30.6 Å². The van der Waals surface area contributed by atoms with E-state index >= 15 is 0 Å². The zero-order valence-corrected chi connectivity index (χ0v) is 23.3. The molecule has 2 aliphatic rings. The number of aromatic nitrogens is 4. The molecular formula is C30H42N6O4. The molecule has 1 atom stereocenters. The highest BCUT2D eigenvalue weighted by Gasteiger charge is 2.23. The number of benzene rings is 1. The maximum Gasteiger partial charge on any atom is 0.231 e. The predicted octanol–water partition coefficient (Wildman–Crippen LogP) is 5.90. The van der Waals surface area contributed by atoms with E-state index in [-0.39, 0.29) is 18.6 Å². The van der Waals surface area contributed by atoms with E-state index in [4.69, 9.17) is 29.5 Å². The van der Waals surface area contributed by atoms with Crippen LogP contribution in [0.25, 0.3) is 11.2 Å². The second kappa shape index (κ2) is 14.4. The molecule has 1 aromatic carbocycles. The largest absolute Gasteiger partial charge is 0.494 e. The van der Waals surface area contributed by atoms with Gasteiger partial charge in [-0.05, 0) is 69.2 Å². The molecule has 40 heavy (non-hydrogen) atoms. The number of aliphatic hydroxyl groups is 1. The standard InChI is InChI=1S/C30H42N6O4/c37-20-24(38)12-6-1-2-8-18-39-25-16-14-23(15-17-25)33-30-34-28(32-22-10-4-3-5-11-22)27-29(35-30)36(21-31-27)26-13-7-9-19-40-26/h14-17,21-22,26,37H,1-13,18-20H2,(H2,32,33,34,35). The van der Waals surface area contributed by atoms with E-state index in [1.165, 1.54) is 19.3 Å². The normalized spacial score (nSPS) is 18.1. The second-order valence-electron chi connectivity index (χ2n) is 10.9. The molecule has 1 saturated carbocycles. The Bertz CT molecular complexity index is 1220. The Morgan fingerprint density at radius 3 is 2.58 bits per heavy atom. The molecule has 1 aliphatic carbocycles. The number of nitrogens with zero attached hydrogens (tertiary/aromatic N) is 4. The van der Waals surface area contributed by atoms with Crippen molar-refractivity contribution in [2.75, 3.05) is 30.5 Å². The quantitative estimate of drug-likeness (QED) is 0.210. The zero-order valence-electron chi connectivity index (χ0n) is 23.3. The lowest BCUT2D eigenvalue weighted by atomic mass is 9.95. The molecule has 0 spiro atoms. The number of carbonyl (C=O) groups is 1. The Kier molecular flexibility index (Phi) is 10.2. The number of hydrogen-bond acceptors (Lipinski definition) is 9. The molecule has 1 unspecified atom stereocenters. The fourth-order valence-corrected chi connectivity index (χ4v) is 5.48. The fraction of sp³-hybridized carbons (Fsp3) is 0.600. The van der Waals surface area contributed by atoms with E-state index in [0.29, 0.717) is 25.0 Å². The first-order valence-electron chi connectivity index (χ1n) is 14.9. The van der Waals surface area contributed by atoms with Crippen molar-refractivity contribution in [3.8, 4) is 5.75 Å². The van der Waals surface area contributed by atoms with Crippen molar-refractivity contribution in [1.82, 2.24) is 19.5 Å². The van der Waals surface area contributed by atoms with E-state index in [0.717, 1.165) is 92.8 Å². The SMILES string of the molecule is O=C(CO)CCCCCCOc1ccc(Nc2nc(NC3CCCCC3)c3ncn(C4CCCCO4)c3n2)cc1. The molecule has 2 aromatic heterocycles. The maximum atomic E-state index is 11.2. The Labute approximate surface area is 235 Å². The third-order valence-electron chi connectivity index (χ3n) is 7.74. The predicted molar refractivity (Wildman–Crippen MR) is 155 cm³/mol. The molecule has 1 saturated heterocycles. The number of Topliss-reactive ketones (excluding diaryl/α,β-unsaturated/α-hetero) is 1. The molecule has 10 nitrogen and oxygen atoms in total. The summed E-state index contributed by atoms with van der Waals surface area (Å²) in [5.74, 6) is 2.02. The zero-order chi connectivity index (χ0) is 27.6. The van der Waals surface area contributed by atoms with Crippen LogP contribution < -0.4 is 15.4 Å². The topological polar surface area (TPSA) is 123 Å². The van der Waals surface area contributed by atoms with E-state index in [9.17, 15) is 4.79 Å². The summed E-state index contributed by atoms with van der Waals surface area (Å²) in [6.45, 7) is 1.03. The van der Waals surface area contributed by atoms with Crippen LogP contribution in [0.2, 0.25) is 0 Å². The van der Waals surface area contributed by atoms with Crippen LogP contribution in [0.1, 0.15) is 89.7 Å². The summed E-state index contributed by atoms with van der Waals surface area (Å²) < 4.78 is 14.0. The number of carbonyl (C=O) groups excluding carboxylic acids is 1. The maximum absolute atomic E-state index is 11.2. The van der Waals surface area contributed by atoms with Crippen LogP contribution in [0.3, 0.4) is 0 Å². The van der Waals surface area contributed by atoms with E-state index in [1.54, 1.807) is 0 Å². The average Bonchev–Trinajstić information content (AvgIpc) is 3.43. The molecule has 1 aliphatic heterocycles. The summed E-state index contributed by atoms with van der Waals surface area (Å²) in [5.41, 5.74) is 2.45. The Balaban J connectivity index is 1.23. The minimum absolute atomic E-state index is 0.0523. The number of nitrogens with one attached hydrogen (secondary N) is 2. The van der Waals surface area contributed by atoms with Gasteiger partial charge in [0.1, 0.15) is 18.6 Å². The Morgan fingerprint density at radius 2 is 1.80 bits per heavy atom. The Hall–Kier alpha value is -3.24. The molecule has 2 fully saturated rings. The number of unbranched alkanes of at least 4 members (excludes halogenated alkanes) is 3. The van der Waals surface area contributed by atoms with Gasteiger partial charge in [-0.2, -0.15) is 9.97 Å². The first-order chi connectivity index (χ1) is 19.7. The average molecular weight is 551 g/mol. The van der Waals surface area contributed by atoms with Gasteiger partial charge in [0.2, 0.25) is 5.95 Å². The van der Waals surface area contributed by atoms with Gasteiger partial charge in [-0.3, -0.25) is 9.36 Å². The summed E-state index contributed by atoms with van der Waals surface area (Å²) in [6.07, 6.45) is 15.2. The van der Waals surface area contributed by atoms with Gasteiger partial charge in [-0.25, -0.2) is 4.98 Å². The summed E-state index contributed by atoms with van der Waals surface area (Å²) in [6, 6.07) is 8.23. The molecule has 3 heterocycles. The highest BCUT2D eigenvalue weighted by atomic mass is 16.5. The lowest BCUT2D eigenvalue weighted by Crippen LogP contribution is -2.23. The van der Waals surface area contributed by atoms with Gasteiger partial charge in [0, 0.05) is 24.8 Å². The first-order valence-corrected chi connectivity index (χ1v) is 14.9. The van der Waals surface area contributed by atoms with Crippen molar-refractivity contribution < 1.29 is 19.4 Å². The number of hydrogen-bond donors (Lipinski definition) is 3. The third-order valence-corrected chi connectivity index (χ3v) is 7.74. The lowest BCUT2D eigenvalue weighted by Gasteiger charge is -2.25. The number of anilines is 3. The van der Waals surface area contributed by atoms with Crippen molar-refractivity contribution in [1.29, 1.82) is 0 Å². The van der Waals surface area contributed by atoms with Crippen molar-refractivity contribution in [2.24, 2.45) is 0 Å². The highest BCUT2D eigenvalue weighted by molar-refractivity contribution is 5.85. The van der Waals surface area contributed by atoms with Gasteiger partial charge in [0.15, 0.2) is 22.8 Å². The minimum atomic E-state index is -0.354. The van der Waals surface area contributed by atoms with Gasteiger partial charge in [0.05, 0.1) is 12.9 Å². The van der Waals surface area contributed by atoms with Crippen LogP contribution in [0.4, 0.5) is 17.5 Å². The molecule has 3 aromatic rings. The van der Waals surface area contributed by atoms with Gasteiger partial charge >= 0.3 is 0 Å². The van der Waals surface area contributed by atoms with Gasteiger partial charge < -0.3 is 25.2 Å². The minimum Gasteiger partial charge on any atom is -0.494 e. The summed E-state index contributed by atoms with van der Waals surface area (Å²) >= 11 is 0. The van der Waals surface area contributed by atoms with Crippen LogP contribution >= 0.6 is 0 Å². The Morgan fingerprint density at radius 1 is 1.00 bits per heavy atom. The van der Waals surface area contributed by atoms with Crippen LogP contribution in [0, 0.1) is 0 Å². The fourth-order valence-electron chi connectivity index (χ4n) is 5.48. The smallest absolute Gasteiger partial charge is 0.231 e. The number of ether oxygens (including phenoxy) is 2. The molecule has 5 rings (SSSR count). The third kappa shape index (κ3) is 7.69. The molecule has 0 bridgehead atoms. The van der Waals surface area contributed by atoms with E-state index in [2.05, 4.69) is 15.2 Å². The van der Waals surface area contributed by atoms with Crippen molar-refractivity contribution >= 4 is 34.4 Å². The number of fused-ring (bicyclic) bond motifs is 1. The molecule has 0 radical (unpaired) electrons. The summed E-state index contributed by atoms with van der Waals surface area (Å²) in [4.78, 5) is 25.6. The van der Waals surface area contributed by atoms with Gasteiger partial charge in [-0.15, -0.1) is 0 Å². The van der Waals surface area contributed by atoms with Crippen LogP contribution in [-0.2, 0) is 9.53 Å². The van der Waals surface area contributed by atoms with Gasteiger partial charge in [0.25, 0.3) is 0 Å². The summed E-state index contributed by atoms with van der Waals surface area (Å²) in [7, 11) is 0. The number of rotatable bonds is 14. The van der Waals surface area contributed by atoms with Crippen LogP contribution in [-0.4, -0.2) is 56.3 Å². The van der Waals surface area contributed by atoms with E-state index in [1.807, 2.05) is 30.6 Å². The molecule has 0 amide bonds. The molecule has 216 valence electrons. The molecular weight excluding hydrogens is 508 g/mol. The monoisotopic (exact) mass is 550 g/mol. The van der Waals surface area contributed by atoms with Crippen molar-refractivity contribution in [2.45, 2.75) is 95.7 Å². The van der Waals surface area contributed by atoms with Crippen molar-refractivity contribution in [3.63, 3.8) is 0 Å². The highest BCUT2D eigenvalue weighted by Crippen LogP contribution is 2.31. The second-order valence-corrected chi connectivity index (χ2v) is 10.9. The molecule has 3 N–H and O–H groups in total. The van der Waals surface area contributed by atoms with Crippen LogP contribution in [0.15, 0.2) is 30.6 Å². The first kappa shape index (κ1) is 28.3. The van der Waals surface area contributed by atoms with E-state index < -0.39 is 0 Å². The summed E-state index contributed by atoms with van der Waals surface area (Å²) in [5, 5.41) is 15.8. The number of imidazole rings is 1. The van der Waals surface area contributed by atoms with Gasteiger partial charge in [-0.1, -0.05) is 32.1 Å². The lowest BCUT2D eigenvalue weighted by molar-refractivity contribution is -0.121. The number of aliphatic hydroxyl groups excluding tert-OH is 1.